The summed E-state index contributed by atoms with van der Waals surface area (Å²) in [5.41, 5.74) is 0.0556. The number of benzene rings is 1. The summed E-state index contributed by atoms with van der Waals surface area (Å²) in [4.78, 5) is 31.4. The van der Waals surface area contributed by atoms with Gasteiger partial charge in [-0.3, -0.25) is 9.59 Å². The molecule has 0 spiro atoms. The molecule has 1 amide bonds. The van der Waals surface area contributed by atoms with Gasteiger partial charge in [0.2, 0.25) is 0 Å². The number of nitrogens with one attached hydrogen (secondary N) is 1. The molecule has 1 aromatic heterocycles. The lowest BCUT2D eigenvalue weighted by atomic mass is 9.91. The zero-order valence-electron chi connectivity index (χ0n) is 14.3. The fourth-order valence-electron chi connectivity index (χ4n) is 3.02. The Balaban J connectivity index is 1.75. The molecule has 0 bridgehead atoms. The molecular formula is C19H19ClFN3O2. The van der Waals surface area contributed by atoms with Crippen LogP contribution in [0.4, 0.5) is 10.2 Å². The van der Waals surface area contributed by atoms with Crippen LogP contribution >= 0.6 is 11.6 Å². The third-order valence-corrected chi connectivity index (χ3v) is 4.84. The largest absolute Gasteiger partial charge is 0.306 e. The van der Waals surface area contributed by atoms with Crippen LogP contribution < -0.4 is 5.32 Å². The van der Waals surface area contributed by atoms with Gasteiger partial charge in [-0.05, 0) is 57.2 Å². The summed E-state index contributed by atoms with van der Waals surface area (Å²) in [6, 6.07) is 8.85. The summed E-state index contributed by atoms with van der Waals surface area (Å²) in [5, 5.41) is 2.53. The molecule has 1 N–H and O–H groups in total. The van der Waals surface area contributed by atoms with E-state index in [2.05, 4.69) is 15.2 Å². The third kappa shape index (κ3) is 4.08. The molecule has 0 unspecified atom stereocenters. The number of piperidine rings is 1. The van der Waals surface area contributed by atoms with Crippen molar-refractivity contribution in [3.05, 3.63) is 58.5 Å². The first kappa shape index (κ1) is 18.5. The first-order valence-corrected chi connectivity index (χ1v) is 8.78. The average Bonchev–Trinajstić information content (AvgIpc) is 2.62. The number of hydrogen-bond donors (Lipinski definition) is 1. The monoisotopic (exact) mass is 375 g/mol. The quantitative estimate of drug-likeness (QED) is 0.828. The van der Waals surface area contributed by atoms with Crippen LogP contribution in [0.15, 0.2) is 36.4 Å². The van der Waals surface area contributed by atoms with Crippen LogP contribution in [0.3, 0.4) is 0 Å². The van der Waals surface area contributed by atoms with Crippen molar-refractivity contribution in [2.45, 2.75) is 12.8 Å². The highest BCUT2D eigenvalue weighted by molar-refractivity contribution is 6.34. The van der Waals surface area contributed by atoms with Crippen molar-refractivity contribution in [2.75, 3.05) is 25.5 Å². The number of ketones is 1. The van der Waals surface area contributed by atoms with Crippen molar-refractivity contribution in [1.82, 2.24) is 9.88 Å². The fraction of sp³-hybridized carbons (Fsp3) is 0.316. The summed E-state index contributed by atoms with van der Waals surface area (Å²) < 4.78 is 13.9. The molecule has 2 heterocycles. The van der Waals surface area contributed by atoms with E-state index in [1.54, 1.807) is 18.2 Å². The Morgan fingerprint density at radius 2 is 1.88 bits per heavy atom. The number of amides is 1. The van der Waals surface area contributed by atoms with E-state index in [1.807, 2.05) is 7.05 Å². The summed E-state index contributed by atoms with van der Waals surface area (Å²) >= 11 is 5.91. The number of carbonyl (C=O) groups excluding carboxylic acids is 2. The normalized spacial score (nSPS) is 15.7. The highest BCUT2D eigenvalue weighted by Gasteiger charge is 2.25. The number of anilines is 1. The van der Waals surface area contributed by atoms with Crippen LogP contribution in [0.2, 0.25) is 5.02 Å². The molecule has 136 valence electrons. The molecular weight excluding hydrogens is 357 g/mol. The molecule has 1 fully saturated rings. The Kier molecular flexibility index (Phi) is 5.64. The van der Waals surface area contributed by atoms with Gasteiger partial charge in [-0.25, -0.2) is 9.37 Å². The lowest BCUT2D eigenvalue weighted by Crippen LogP contribution is -2.33. The average molecular weight is 376 g/mol. The molecule has 2 aromatic rings. The van der Waals surface area contributed by atoms with Crippen LogP contribution in [0.5, 0.6) is 0 Å². The Morgan fingerprint density at radius 1 is 1.19 bits per heavy atom. The van der Waals surface area contributed by atoms with Gasteiger partial charge in [-0.15, -0.1) is 0 Å². The molecule has 7 heteroatoms. The molecule has 0 aliphatic carbocycles. The van der Waals surface area contributed by atoms with E-state index < -0.39 is 11.7 Å². The Morgan fingerprint density at radius 3 is 2.58 bits per heavy atom. The number of halogens is 2. The van der Waals surface area contributed by atoms with E-state index in [-0.39, 0.29) is 28.1 Å². The number of Topliss-reactive ketones (excluding diaryl/α,β-unsaturated/α-hetero) is 1. The first-order chi connectivity index (χ1) is 12.5. The fourth-order valence-corrected chi connectivity index (χ4v) is 3.26. The molecule has 1 saturated heterocycles. The molecule has 0 saturated carbocycles. The van der Waals surface area contributed by atoms with Crippen molar-refractivity contribution in [3.63, 3.8) is 0 Å². The van der Waals surface area contributed by atoms with Crippen molar-refractivity contribution in [2.24, 2.45) is 5.92 Å². The molecule has 1 aromatic carbocycles. The topological polar surface area (TPSA) is 62.3 Å². The minimum Gasteiger partial charge on any atom is -0.306 e. The van der Waals surface area contributed by atoms with Gasteiger partial charge in [0.05, 0.1) is 10.6 Å². The number of nitrogens with zero attached hydrogens (tertiary/aromatic N) is 2. The van der Waals surface area contributed by atoms with Crippen molar-refractivity contribution in [1.29, 1.82) is 0 Å². The van der Waals surface area contributed by atoms with E-state index >= 15 is 0 Å². The number of pyridine rings is 1. The maximum absolute atomic E-state index is 13.9. The Bertz CT molecular complexity index is 815. The van der Waals surface area contributed by atoms with Crippen LogP contribution in [0.1, 0.15) is 33.7 Å². The Hall–Kier alpha value is -2.31. The van der Waals surface area contributed by atoms with Gasteiger partial charge < -0.3 is 10.2 Å². The van der Waals surface area contributed by atoms with Crippen molar-refractivity contribution < 1.29 is 14.0 Å². The van der Waals surface area contributed by atoms with Crippen LogP contribution in [0.25, 0.3) is 0 Å². The second-order valence-corrected chi connectivity index (χ2v) is 6.81. The van der Waals surface area contributed by atoms with Gasteiger partial charge in [0.25, 0.3) is 5.91 Å². The van der Waals surface area contributed by atoms with E-state index in [9.17, 15) is 14.0 Å². The standard InChI is InChI=1S/C19H19ClFN3O2/c1-24-10-8-12(9-11-24)18(25)15-6-3-7-16(22-15)23-19(26)17-13(20)4-2-5-14(17)21/h2-7,12H,8-11H2,1H3,(H,22,23,26). The van der Waals surface area contributed by atoms with Gasteiger partial charge in [0.15, 0.2) is 5.78 Å². The first-order valence-electron chi connectivity index (χ1n) is 8.41. The van der Waals surface area contributed by atoms with Gasteiger partial charge in [-0.2, -0.15) is 0 Å². The van der Waals surface area contributed by atoms with Gasteiger partial charge in [-0.1, -0.05) is 23.7 Å². The van der Waals surface area contributed by atoms with E-state index in [1.165, 1.54) is 12.1 Å². The summed E-state index contributed by atoms with van der Waals surface area (Å²) in [6.07, 6.45) is 1.58. The maximum Gasteiger partial charge on any atom is 0.261 e. The van der Waals surface area contributed by atoms with E-state index in [0.717, 1.165) is 32.0 Å². The SMILES string of the molecule is CN1CCC(C(=O)c2cccc(NC(=O)c3c(F)cccc3Cl)n2)CC1. The molecule has 26 heavy (non-hydrogen) atoms. The van der Waals surface area contributed by atoms with Crippen LogP contribution in [0, 0.1) is 11.7 Å². The molecule has 0 atom stereocenters. The second kappa shape index (κ2) is 7.93. The predicted molar refractivity (Wildman–Crippen MR) is 98.2 cm³/mol. The summed E-state index contributed by atoms with van der Waals surface area (Å²) in [5.74, 6) is -1.32. The lowest BCUT2D eigenvalue weighted by molar-refractivity contribution is 0.0851. The second-order valence-electron chi connectivity index (χ2n) is 6.40. The number of aromatic nitrogens is 1. The zero-order valence-corrected chi connectivity index (χ0v) is 15.1. The van der Waals surface area contributed by atoms with Gasteiger partial charge in [0, 0.05) is 5.92 Å². The highest BCUT2D eigenvalue weighted by atomic mass is 35.5. The predicted octanol–water partition coefficient (Wildman–Crippen LogP) is 3.65. The summed E-state index contributed by atoms with van der Waals surface area (Å²) in [6.45, 7) is 1.75. The Labute approximate surface area is 156 Å². The van der Waals surface area contributed by atoms with E-state index in [4.69, 9.17) is 11.6 Å². The molecule has 1 aliphatic rings. The number of hydrogen-bond acceptors (Lipinski definition) is 4. The van der Waals surface area contributed by atoms with Crippen molar-refractivity contribution >= 4 is 29.1 Å². The maximum atomic E-state index is 13.9. The smallest absolute Gasteiger partial charge is 0.261 e. The third-order valence-electron chi connectivity index (χ3n) is 4.52. The molecule has 1 aliphatic heterocycles. The molecule has 3 rings (SSSR count). The van der Waals surface area contributed by atoms with Gasteiger partial charge in [0.1, 0.15) is 17.3 Å². The minimum absolute atomic E-state index is 0.0149. The lowest BCUT2D eigenvalue weighted by Gasteiger charge is -2.27. The van der Waals surface area contributed by atoms with Gasteiger partial charge >= 0.3 is 0 Å². The van der Waals surface area contributed by atoms with E-state index in [0.29, 0.717) is 5.69 Å². The minimum atomic E-state index is -0.714. The summed E-state index contributed by atoms with van der Waals surface area (Å²) in [7, 11) is 2.03. The molecule has 0 radical (unpaired) electrons. The number of likely N-dealkylation sites (tertiary alicyclic amines) is 1. The highest BCUT2D eigenvalue weighted by Crippen LogP contribution is 2.22. The van der Waals surface area contributed by atoms with Crippen LogP contribution in [-0.4, -0.2) is 41.7 Å². The number of rotatable bonds is 4. The van der Waals surface area contributed by atoms with Crippen molar-refractivity contribution in [3.8, 4) is 0 Å². The number of carbonyl (C=O) groups is 2. The van der Waals surface area contributed by atoms with Crippen LogP contribution in [-0.2, 0) is 0 Å². The molecule has 5 nitrogen and oxygen atoms in total. The zero-order chi connectivity index (χ0) is 18.7.